The van der Waals surface area contributed by atoms with Crippen molar-refractivity contribution < 1.29 is 14.3 Å². The molecule has 0 aliphatic carbocycles. The monoisotopic (exact) mass is 293 g/mol. The lowest BCUT2D eigenvalue weighted by Gasteiger charge is -2.22. The van der Waals surface area contributed by atoms with Gasteiger partial charge in [-0.1, -0.05) is 18.2 Å². The molecule has 0 spiro atoms. The van der Waals surface area contributed by atoms with Crippen LogP contribution in [0.4, 0.5) is 0 Å². The highest BCUT2D eigenvalue weighted by atomic mass is 32.2. The minimum absolute atomic E-state index is 0.0429. The van der Waals surface area contributed by atoms with E-state index >= 15 is 0 Å². The maximum Gasteiger partial charge on any atom is 0.328 e. The van der Waals surface area contributed by atoms with E-state index in [0.29, 0.717) is 19.4 Å². The smallest absolute Gasteiger partial charge is 0.328 e. The summed E-state index contributed by atoms with van der Waals surface area (Å²) >= 11 is 1.66. The normalized spacial score (nSPS) is 18.1. The SMILES string of the molecule is COC(=O)C1CCCN1C(=O)CCSc1ccccc1. The van der Waals surface area contributed by atoms with Crippen molar-refractivity contribution in [3.63, 3.8) is 0 Å². The number of hydrogen-bond donors (Lipinski definition) is 0. The van der Waals surface area contributed by atoms with Crippen LogP contribution in [0.1, 0.15) is 19.3 Å². The highest BCUT2D eigenvalue weighted by Crippen LogP contribution is 2.22. The molecule has 1 unspecified atom stereocenters. The Morgan fingerprint density at radius 3 is 2.80 bits per heavy atom. The number of amides is 1. The Balaban J connectivity index is 1.81. The molecule has 1 aromatic rings. The molecule has 20 heavy (non-hydrogen) atoms. The summed E-state index contributed by atoms with van der Waals surface area (Å²) in [6.07, 6.45) is 2.04. The van der Waals surface area contributed by atoms with E-state index in [1.807, 2.05) is 30.3 Å². The number of ether oxygens (including phenoxy) is 1. The van der Waals surface area contributed by atoms with E-state index in [9.17, 15) is 9.59 Å². The molecule has 2 rings (SSSR count). The zero-order chi connectivity index (χ0) is 14.4. The average molecular weight is 293 g/mol. The van der Waals surface area contributed by atoms with Crippen LogP contribution in [-0.4, -0.2) is 42.2 Å². The van der Waals surface area contributed by atoms with E-state index < -0.39 is 0 Å². The molecule has 1 saturated heterocycles. The maximum absolute atomic E-state index is 12.2. The van der Waals surface area contributed by atoms with Crippen molar-refractivity contribution in [2.45, 2.75) is 30.2 Å². The van der Waals surface area contributed by atoms with Crippen LogP contribution in [-0.2, 0) is 14.3 Å². The molecule has 1 aliphatic heterocycles. The second-order valence-corrected chi connectivity index (χ2v) is 5.85. The van der Waals surface area contributed by atoms with Gasteiger partial charge >= 0.3 is 5.97 Å². The summed E-state index contributed by atoms with van der Waals surface area (Å²) in [7, 11) is 1.37. The molecule has 108 valence electrons. The highest BCUT2D eigenvalue weighted by Gasteiger charge is 2.34. The molecule has 1 fully saturated rings. The predicted molar refractivity (Wildman–Crippen MR) is 78.5 cm³/mol. The number of likely N-dealkylation sites (tertiary alicyclic amines) is 1. The first-order valence-electron chi connectivity index (χ1n) is 6.77. The van der Waals surface area contributed by atoms with Crippen LogP contribution in [0, 0.1) is 0 Å². The number of rotatable bonds is 5. The molecule has 0 N–H and O–H groups in total. The van der Waals surface area contributed by atoms with Crippen molar-refractivity contribution in [1.82, 2.24) is 4.90 Å². The predicted octanol–water partition coefficient (Wildman–Crippen LogP) is 2.33. The Morgan fingerprint density at radius 1 is 1.35 bits per heavy atom. The van der Waals surface area contributed by atoms with E-state index in [2.05, 4.69) is 0 Å². The maximum atomic E-state index is 12.2. The van der Waals surface area contributed by atoms with Crippen molar-refractivity contribution in [3.05, 3.63) is 30.3 Å². The lowest BCUT2D eigenvalue weighted by molar-refractivity contribution is -0.150. The van der Waals surface area contributed by atoms with E-state index in [4.69, 9.17) is 4.74 Å². The lowest BCUT2D eigenvalue weighted by Crippen LogP contribution is -2.41. The first kappa shape index (κ1) is 14.9. The Labute approximate surface area is 123 Å². The van der Waals surface area contributed by atoms with Crippen molar-refractivity contribution in [1.29, 1.82) is 0 Å². The summed E-state index contributed by atoms with van der Waals surface area (Å²) in [5.74, 6) is 0.473. The van der Waals surface area contributed by atoms with Gasteiger partial charge in [-0.15, -0.1) is 11.8 Å². The zero-order valence-electron chi connectivity index (χ0n) is 11.6. The number of esters is 1. The van der Waals surface area contributed by atoms with E-state index in [-0.39, 0.29) is 17.9 Å². The Hall–Kier alpha value is -1.49. The summed E-state index contributed by atoms with van der Waals surface area (Å²) < 4.78 is 4.75. The van der Waals surface area contributed by atoms with Gasteiger partial charge in [0.05, 0.1) is 7.11 Å². The topological polar surface area (TPSA) is 46.6 Å². The van der Waals surface area contributed by atoms with Gasteiger partial charge < -0.3 is 9.64 Å². The third-order valence-electron chi connectivity index (χ3n) is 3.37. The van der Waals surface area contributed by atoms with Crippen LogP contribution in [0.2, 0.25) is 0 Å². The van der Waals surface area contributed by atoms with Crippen molar-refractivity contribution in [3.8, 4) is 0 Å². The zero-order valence-corrected chi connectivity index (χ0v) is 12.4. The van der Waals surface area contributed by atoms with Gasteiger partial charge in [0.2, 0.25) is 5.91 Å². The molecule has 1 amide bonds. The molecule has 1 heterocycles. The molecule has 0 bridgehead atoms. The molecule has 0 radical (unpaired) electrons. The van der Waals surface area contributed by atoms with Crippen molar-refractivity contribution >= 4 is 23.6 Å². The van der Waals surface area contributed by atoms with Gasteiger partial charge in [0.1, 0.15) is 6.04 Å². The lowest BCUT2D eigenvalue weighted by atomic mass is 10.2. The van der Waals surface area contributed by atoms with E-state index in [1.165, 1.54) is 7.11 Å². The van der Waals surface area contributed by atoms with E-state index in [1.54, 1.807) is 16.7 Å². The summed E-state index contributed by atoms with van der Waals surface area (Å²) in [5, 5.41) is 0. The first-order chi connectivity index (χ1) is 9.72. The van der Waals surface area contributed by atoms with E-state index in [0.717, 1.165) is 17.1 Å². The molecular weight excluding hydrogens is 274 g/mol. The van der Waals surface area contributed by atoms with Crippen molar-refractivity contribution in [2.75, 3.05) is 19.4 Å². The summed E-state index contributed by atoms with van der Waals surface area (Å²) in [4.78, 5) is 26.6. The van der Waals surface area contributed by atoms with Gasteiger partial charge in [-0.3, -0.25) is 4.79 Å². The van der Waals surface area contributed by atoms with Crippen LogP contribution in [0.15, 0.2) is 35.2 Å². The summed E-state index contributed by atoms with van der Waals surface area (Å²) in [5.41, 5.74) is 0. The number of benzene rings is 1. The molecule has 5 heteroatoms. The number of hydrogen-bond acceptors (Lipinski definition) is 4. The Kier molecular flexibility index (Phi) is 5.47. The summed E-state index contributed by atoms with van der Waals surface area (Å²) in [6, 6.07) is 9.62. The van der Waals surface area contributed by atoms with Gasteiger partial charge in [-0.05, 0) is 25.0 Å². The largest absolute Gasteiger partial charge is 0.467 e. The third-order valence-corrected chi connectivity index (χ3v) is 4.39. The van der Waals surface area contributed by atoms with Gasteiger partial charge in [0, 0.05) is 23.6 Å². The van der Waals surface area contributed by atoms with Crippen LogP contribution in [0.25, 0.3) is 0 Å². The minimum atomic E-state index is -0.380. The molecule has 4 nitrogen and oxygen atoms in total. The number of thioether (sulfide) groups is 1. The highest BCUT2D eigenvalue weighted by molar-refractivity contribution is 7.99. The first-order valence-corrected chi connectivity index (χ1v) is 7.76. The number of nitrogens with zero attached hydrogens (tertiary/aromatic N) is 1. The standard InChI is InChI=1S/C15H19NO3S/c1-19-15(18)13-8-5-10-16(13)14(17)9-11-20-12-6-3-2-4-7-12/h2-4,6-7,13H,5,8-11H2,1H3. The molecule has 1 atom stereocenters. The number of methoxy groups -OCH3 is 1. The minimum Gasteiger partial charge on any atom is -0.467 e. The van der Waals surface area contributed by atoms with Crippen LogP contribution in [0.3, 0.4) is 0 Å². The quantitative estimate of drug-likeness (QED) is 0.617. The molecule has 1 aliphatic rings. The Bertz CT molecular complexity index is 463. The number of carbonyl (C=O) groups is 2. The van der Waals surface area contributed by atoms with Crippen LogP contribution in [0.5, 0.6) is 0 Å². The number of carbonyl (C=O) groups excluding carboxylic acids is 2. The molecular formula is C15H19NO3S. The van der Waals surface area contributed by atoms with Crippen molar-refractivity contribution in [2.24, 2.45) is 0 Å². The van der Waals surface area contributed by atoms with Gasteiger partial charge in [0.15, 0.2) is 0 Å². The van der Waals surface area contributed by atoms with Crippen LogP contribution >= 0.6 is 11.8 Å². The van der Waals surface area contributed by atoms with Crippen LogP contribution < -0.4 is 0 Å². The fourth-order valence-electron chi connectivity index (χ4n) is 2.36. The molecule has 0 saturated carbocycles. The van der Waals surface area contributed by atoms with Gasteiger partial charge in [-0.2, -0.15) is 0 Å². The average Bonchev–Trinajstić information content (AvgIpc) is 2.97. The fourth-order valence-corrected chi connectivity index (χ4v) is 3.22. The second-order valence-electron chi connectivity index (χ2n) is 4.68. The van der Waals surface area contributed by atoms with Gasteiger partial charge in [0.25, 0.3) is 0 Å². The van der Waals surface area contributed by atoms with Gasteiger partial charge in [-0.25, -0.2) is 4.79 Å². The third kappa shape index (κ3) is 3.76. The molecule has 1 aromatic carbocycles. The molecule has 0 aromatic heterocycles. The Morgan fingerprint density at radius 2 is 2.10 bits per heavy atom. The summed E-state index contributed by atoms with van der Waals surface area (Å²) in [6.45, 7) is 0.661. The second kappa shape index (κ2) is 7.33. The fraction of sp³-hybridized carbons (Fsp3) is 0.467.